The molecule has 0 aliphatic carbocycles. The first-order valence-corrected chi connectivity index (χ1v) is 7.09. The Balaban J connectivity index is 2.63. The summed E-state index contributed by atoms with van der Waals surface area (Å²) < 4.78 is 5.92. The van der Waals surface area contributed by atoms with Crippen LogP contribution in [0, 0.1) is 5.92 Å². The van der Waals surface area contributed by atoms with Gasteiger partial charge in [-0.2, -0.15) is 0 Å². The lowest BCUT2D eigenvalue weighted by Crippen LogP contribution is -1.98. The zero-order chi connectivity index (χ0) is 13.4. The summed E-state index contributed by atoms with van der Waals surface area (Å²) in [6.07, 6.45) is 11.1. The van der Waals surface area contributed by atoms with Crippen LogP contribution in [-0.4, -0.2) is 0 Å². The molecule has 1 aromatic rings. The molecule has 0 saturated heterocycles. The first-order chi connectivity index (χ1) is 8.71. The molecule has 1 heterocycles. The van der Waals surface area contributed by atoms with E-state index in [0.717, 1.165) is 23.5 Å². The predicted octanol–water partition coefficient (Wildman–Crippen LogP) is 5.63. The van der Waals surface area contributed by atoms with Gasteiger partial charge in [-0.05, 0) is 31.9 Å². The monoisotopic (exact) mass is 246 g/mol. The molecule has 1 rings (SSSR count). The van der Waals surface area contributed by atoms with Gasteiger partial charge in [-0.3, -0.25) is 0 Å². The first-order valence-electron chi connectivity index (χ1n) is 7.09. The number of hydrogen-bond donors (Lipinski definition) is 0. The summed E-state index contributed by atoms with van der Waals surface area (Å²) in [5.41, 5.74) is 1.16. The van der Waals surface area contributed by atoms with Crippen molar-refractivity contribution < 1.29 is 4.42 Å². The fourth-order valence-electron chi connectivity index (χ4n) is 2.14. The van der Waals surface area contributed by atoms with E-state index < -0.39 is 0 Å². The Bertz CT molecular complexity index is 395. The summed E-state index contributed by atoms with van der Waals surface area (Å²) in [6, 6.07) is 4.20. The predicted molar refractivity (Wildman–Crippen MR) is 79.6 cm³/mol. The number of furan rings is 1. The Morgan fingerprint density at radius 1 is 1.33 bits per heavy atom. The second-order valence-corrected chi connectivity index (χ2v) is 4.96. The van der Waals surface area contributed by atoms with E-state index >= 15 is 0 Å². The molecule has 0 aliphatic heterocycles. The van der Waals surface area contributed by atoms with Crippen LogP contribution in [0.15, 0.2) is 34.8 Å². The largest absolute Gasteiger partial charge is 0.461 e. The molecule has 0 saturated carbocycles. The third-order valence-electron chi connectivity index (χ3n) is 3.20. The van der Waals surface area contributed by atoms with Crippen molar-refractivity contribution in [2.45, 2.75) is 53.4 Å². The van der Waals surface area contributed by atoms with Crippen molar-refractivity contribution in [3.05, 3.63) is 41.9 Å². The van der Waals surface area contributed by atoms with Gasteiger partial charge in [0.05, 0.1) is 0 Å². The average Bonchev–Trinajstić information content (AvgIpc) is 2.81. The second kappa shape index (κ2) is 7.97. The van der Waals surface area contributed by atoms with E-state index in [1.54, 1.807) is 0 Å². The molecule has 1 nitrogen and oxygen atoms in total. The van der Waals surface area contributed by atoms with E-state index in [0.29, 0.717) is 5.92 Å². The Hall–Kier alpha value is -1.24. The molecule has 0 spiro atoms. The zero-order valence-electron chi connectivity index (χ0n) is 12.2. The minimum absolute atomic E-state index is 0.708. The molecule has 100 valence electrons. The third-order valence-corrected chi connectivity index (χ3v) is 3.20. The van der Waals surface area contributed by atoms with Crippen LogP contribution in [0.2, 0.25) is 0 Å². The lowest BCUT2D eigenvalue weighted by molar-refractivity contribution is 0.427. The van der Waals surface area contributed by atoms with Crippen molar-refractivity contribution >= 4 is 5.57 Å². The quantitative estimate of drug-likeness (QED) is 0.568. The smallest absolute Gasteiger partial charge is 0.133 e. The SMILES string of the molecule is C/C=C\C(=C/C)c1ccc(CC(C)CCCC)o1. The Labute approximate surface area is 112 Å². The van der Waals surface area contributed by atoms with E-state index in [2.05, 4.69) is 38.1 Å². The van der Waals surface area contributed by atoms with Gasteiger partial charge < -0.3 is 4.42 Å². The molecule has 0 aliphatic rings. The second-order valence-electron chi connectivity index (χ2n) is 4.96. The average molecular weight is 246 g/mol. The molecule has 1 unspecified atom stereocenters. The van der Waals surface area contributed by atoms with Crippen LogP contribution in [0.5, 0.6) is 0 Å². The lowest BCUT2D eigenvalue weighted by atomic mass is 10.00. The molecule has 1 heteroatoms. The summed E-state index contributed by atoms with van der Waals surface area (Å²) in [6.45, 7) is 8.62. The van der Waals surface area contributed by atoms with Crippen LogP contribution in [0.4, 0.5) is 0 Å². The molecule has 0 aromatic carbocycles. The fraction of sp³-hybridized carbons (Fsp3) is 0.529. The molecule has 0 fully saturated rings. The van der Waals surface area contributed by atoms with E-state index in [1.807, 2.05) is 19.9 Å². The van der Waals surface area contributed by atoms with Gasteiger partial charge in [-0.15, -0.1) is 0 Å². The summed E-state index contributed by atoms with van der Waals surface area (Å²) in [4.78, 5) is 0. The summed E-state index contributed by atoms with van der Waals surface area (Å²) in [7, 11) is 0. The van der Waals surface area contributed by atoms with Crippen LogP contribution >= 0.6 is 0 Å². The topological polar surface area (TPSA) is 13.1 Å². The van der Waals surface area contributed by atoms with Gasteiger partial charge in [0.2, 0.25) is 0 Å². The van der Waals surface area contributed by atoms with Gasteiger partial charge in [-0.1, -0.05) is 51.3 Å². The van der Waals surface area contributed by atoms with Crippen LogP contribution < -0.4 is 0 Å². The van der Waals surface area contributed by atoms with Crippen molar-refractivity contribution in [3.8, 4) is 0 Å². The van der Waals surface area contributed by atoms with Crippen LogP contribution in [0.25, 0.3) is 5.57 Å². The van der Waals surface area contributed by atoms with E-state index in [9.17, 15) is 0 Å². The van der Waals surface area contributed by atoms with Crippen LogP contribution in [-0.2, 0) is 6.42 Å². The number of rotatable bonds is 7. The van der Waals surface area contributed by atoms with E-state index in [1.165, 1.54) is 19.3 Å². The van der Waals surface area contributed by atoms with Gasteiger partial charge in [-0.25, -0.2) is 0 Å². The maximum absolute atomic E-state index is 5.92. The molecule has 1 aromatic heterocycles. The molecule has 0 N–H and O–H groups in total. The maximum atomic E-state index is 5.92. The molecule has 1 atom stereocenters. The molecular weight excluding hydrogens is 220 g/mol. The number of hydrogen-bond acceptors (Lipinski definition) is 1. The lowest BCUT2D eigenvalue weighted by Gasteiger charge is -2.08. The summed E-state index contributed by atoms with van der Waals surface area (Å²) in [5, 5.41) is 0. The summed E-state index contributed by atoms with van der Waals surface area (Å²) in [5.74, 6) is 2.80. The van der Waals surface area contributed by atoms with E-state index in [4.69, 9.17) is 4.42 Å². The Morgan fingerprint density at radius 3 is 2.72 bits per heavy atom. The minimum atomic E-state index is 0.708. The highest BCUT2D eigenvalue weighted by molar-refractivity contribution is 5.70. The highest BCUT2D eigenvalue weighted by Gasteiger charge is 2.08. The zero-order valence-corrected chi connectivity index (χ0v) is 12.2. The van der Waals surface area contributed by atoms with Crippen molar-refractivity contribution in [1.82, 2.24) is 0 Å². The normalized spacial score (nSPS) is 14.3. The van der Waals surface area contributed by atoms with Crippen molar-refractivity contribution in [3.63, 3.8) is 0 Å². The van der Waals surface area contributed by atoms with Crippen LogP contribution in [0.1, 0.15) is 58.5 Å². The van der Waals surface area contributed by atoms with Gasteiger partial charge in [0, 0.05) is 12.0 Å². The molecule has 0 amide bonds. The Kier molecular flexibility index (Phi) is 6.56. The number of unbranched alkanes of at least 4 members (excludes halogenated alkanes) is 1. The van der Waals surface area contributed by atoms with Crippen LogP contribution in [0.3, 0.4) is 0 Å². The maximum Gasteiger partial charge on any atom is 0.133 e. The van der Waals surface area contributed by atoms with Crippen molar-refractivity contribution in [1.29, 1.82) is 0 Å². The van der Waals surface area contributed by atoms with Gasteiger partial charge >= 0.3 is 0 Å². The van der Waals surface area contributed by atoms with Gasteiger partial charge in [0.25, 0.3) is 0 Å². The van der Waals surface area contributed by atoms with Crippen molar-refractivity contribution in [2.75, 3.05) is 0 Å². The van der Waals surface area contributed by atoms with Gasteiger partial charge in [0.1, 0.15) is 11.5 Å². The fourth-order valence-corrected chi connectivity index (χ4v) is 2.14. The summed E-state index contributed by atoms with van der Waals surface area (Å²) >= 11 is 0. The standard InChI is InChI=1S/C17H26O/c1-5-8-10-14(4)13-16-11-12-17(18-16)15(7-3)9-6-2/h6-7,9,11-12,14H,5,8,10,13H2,1-4H3/b9-6-,15-7+. The first kappa shape index (κ1) is 14.8. The van der Waals surface area contributed by atoms with E-state index in [-0.39, 0.29) is 0 Å². The highest BCUT2D eigenvalue weighted by atomic mass is 16.3. The molecule has 18 heavy (non-hydrogen) atoms. The molecular formula is C17H26O. The highest BCUT2D eigenvalue weighted by Crippen LogP contribution is 2.22. The van der Waals surface area contributed by atoms with Gasteiger partial charge in [0.15, 0.2) is 0 Å². The van der Waals surface area contributed by atoms with Crippen molar-refractivity contribution in [2.24, 2.45) is 5.92 Å². The number of allylic oxidation sites excluding steroid dienone is 4. The minimum Gasteiger partial charge on any atom is -0.461 e. The Morgan fingerprint density at radius 2 is 2.11 bits per heavy atom. The molecule has 0 bridgehead atoms. The molecule has 0 radical (unpaired) electrons. The third kappa shape index (κ3) is 4.56.